The van der Waals surface area contributed by atoms with Gasteiger partial charge in [-0.25, -0.2) is 0 Å². The van der Waals surface area contributed by atoms with Crippen LogP contribution in [0.4, 0.5) is 11.4 Å². The molecule has 3 rings (SSSR count). The van der Waals surface area contributed by atoms with Crippen LogP contribution >= 0.6 is 0 Å². The number of hydrogen-bond donors (Lipinski definition) is 2. The fourth-order valence-electron chi connectivity index (χ4n) is 3.69. The van der Waals surface area contributed by atoms with Crippen molar-refractivity contribution in [1.82, 2.24) is 5.32 Å². The zero-order chi connectivity index (χ0) is 17.8. The van der Waals surface area contributed by atoms with Gasteiger partial charge in [0.2, 0.25) is 5.91 Å². The fourth-order valence-corrected chi connectivity index (χ4v) is 3.69. The van der Waals surface area contributed by atoms with Crippen LogP contribution in [0.25, 0.3) is 0 Å². The zero-order valence-corrected chi connectivity index (χ0v) is 14.6. The Balaban J connectivity index is 1.63. The van der Waals surface area contributed by atoms with Crippen LogP contribution in [0.3, 0.4) is 0 Å². The molecule has 1 aromatic rings. The molecule has 1 aliphatic heterocycles. The predicted octanol–water partition coefficient (Wildman–Crippen LogP) is 2.37. The molecule has 25 heavy (non-hydrogen) atoms. The van der Waals surface area contributed by atoms with Crippen molar-refractivity contribution >= 4 is 29.1 Å². The van der Waals surface area contributed by atoms with Gasteiger partial charge in [0, 0.05) is 30.9 Å². The number of nitrogens with one attached hydrogen (secondary N) is 2. The van der Waals surface area contributed by atoms with Crippen molar-refractivity contribution in [2.45, 2.75) is 57.9 Å². The number of carbonyl (C=O) groups excluding carboxylic acids is 3. The van der Waals surface area contributed by atoms with E-state index in [9.17, 15) is 14.4 Å². The maximum Gasteiger partial charge on any atom is 0.313 e. The first kappa shape index (κ1) is 17.5. The summed E-state index contributed by atoms with van der Waals surface area (Å²) in [5.41, 5.74) is 2.50. The second kappa shape index (κ2) is 7.68. The van der Waals surface area contributed by atoms with Crippen LogP contribution in [-0.4, -0.2) is 30.3 Å². The van der Waals surface area contributed by atoms with E-state index >= 15 is 0 Å². The molecule has 3 amide bonds. The average Bonchev–Trinajstić information content (AvgIpc) is 2.61. The number of hydrogen-bond acceptors (Lipinski definition) is 3. The summed E-state index contributed by atoms with van der Waals surface area (Å²) in [6, 6.07) is 5.55. The minimum atomic E-state index is -0.634. The summed E-state index contributed by atoms with van der Waals surface area (Å²) >= 11 is 0. The zero-order valence-electron chi connectivity index (χ0n) is 14.6. The van der Waals surface area contributed by atoms with Crippen molar-refractivity contribution in [2.24, 2.45) is 0 Å². The van der Waals surface area contributed by atoms with Gasteiger partial charge in [-0.2, -0.15) is 0 Å². The Kier molecular flexibility index (Phi) is 5.36. The van der Waals surface area contributed by atoms with E-state index in [1.54, 1.807) is 17.9 Å². The Hall–Kier alpha value is -2.37. The minimum absolute atomic E-state index is 0.0181. The minimum Gasteiger partial charge on any atom is -0.345 e. The lowest BCUT2D eigenvalue weighted by atomic mass is 9.95. The van der Waals surface area contributed by atoms with Crippen LogP contribution in [0.1, 0.15) is 51.0 Å². The number of amides is 3. The van der Waals surface area contributed by atoms with E-state index in [0.29, 0.717) is 5.69 Å². The molecule has 1 aromatic carbocycles. The molecular formula is C19H25N3O3. The van der Waals surface area contributed by atoms with Crippen molar-refractivity contribution in [2.75, 3.05) is 16.8 Å². The summed E-state index contributed by atoms with van der Waals surface area (Å²) in [6.45, 7) is 2.28. The molecule has 0 bridgehead atoms. The summed E-state index contributed by atoms with van der Waals surface area (Å²) in [5.74, 6) is -1.19. The molecule has 1 aliphatic carbocycles. The molecular weight excluding hydrogens is 318 g/mol. The molecule has 0 atom stereocenters. The summed E-state index contributed by atoms with van der Waals surface area (Å²) in [7, 11) is 0. The molecule has 134 valence electrons. The van der Waals surface area contributed by atoms with Crippen LogP contribution < -0.4 is 15.5 Å². The summed E-state index contributed by atoms with van der Waals surface area (Å²) in [4.78, 5) is 37.7. The van der Waals surface area contributed by atoms with Gasteiger partial charge in [-0.15, -0.1) is 0 Å². The van der Waals surface area contributed by atoms with Crippen molar-refractivity contribution in [3.05, 3.63) is 23.8 Å². The molecule has 6 heteroatoms. The van der Waals surface area contributed by atoms with E-state index < -0.39 is 11.8 Å². The molecule has 0 aromatic heterocycles. The molecule has 2 N–H and O–H groups in total. The smallest absolute Gasteiger partial charge is 0.313 e. The van der Waals surface area contributed by atoms with E-state index in [-0.39, 0.29) is 11.9 Å². The first-order valence-corrected chi connectivity index (χ1v) is 9.07. The van der Waals surface area contributed by atoms with E-state index in [1.807, 2.05) is 12.1 Å². The lowest BCUT2D eigenvalue weighted by Crippen LogP contribution is -2.42. The molecule has 1 fully saturated rings. The monoisotopic (exact) mass is 343 g/mol. The molecule has 1 saturated carbocycles. The molecule has 0 spiro atoms. The summed E-state index contributed by atoms with van der Waals surface area (Å²) in [5, 5.41) is 5.49. The lowest BCUT2D eigenvalue weighted by molar-refractivity contribution is -0.136. The maximum atomic E-state index is 12.1. The van der Waals surface area contributed by atoms with E-state index in [2.05, 4.69) is 10.6 Å². The predicted molar refractivity (Wildman–Crippen MR) is 96.4 cm³/mol. The Morgan fingerprint density at radius 2 is 1.80 bits per heavy atom. The van der Waals surface area contributed by atoms with Gasteiger partial charge < -0.3 is 15.5 Å². The number of nitrogens with zero attached hydrogens (tertiary/aromatic N) is 1. The normalized spacial score (nSPS) is 17.6. The van der Waals surface area contributed by atoms with Crippen molar-refractivity contribution in [3.8, 4) is 0 Å². The lowest BCUT2D eigenvalue weighted by Gasteiger charge is -2.29. The molecule has 0 unspecified atom stereocenters. The highest BCUT2D eigenvalue weighted by Gasteiger charge is 2.22. The van der Waals surface area contributed by atoms with E-state index in [4.69, 9.17) is 0 Å². The fraction of sp³-hybridized carbons (Fsp3) is 0.526. The van der Waals surface area contributed by atoms with Crippen LogP contribution in [0.5, 0.6) is 0 Å². The van der Waals surface area contributed by atoms with Crippen LogP contribution in [0, 0.1) is 0 Å². The van der Waals surface area contributed by atoms with Gasteiger partial charge in [-0.1, -0.05) is 19.3 Å². The van der Waals surface area contributed by atoms with Gasteiger partial charge in [0.1, 0.15) is 0 Å². The van der Waals surface area contributed by atoms with Gasteiger partial charge in [0.15, 0.2) is 0 Å². The average molecular weight is 343 g/mol. The van der Waals surface area contributed by atoms with Crippen molar-refractivity contribution in [1.29, 1.82) is 0 Å². The largest absolute Gasteiger partial charge is 0.345 e. The number of aryl methyl sites for hydroxylation is 1. The number of rotatable bonds is 2. The van der Waals surface area contributed by atoms with E-state index in [1.165, 1.54) is 6.42 Å². The van der Waals surface area contributed by atoms with Crippen LogP contribution in [-0.2, 0) is 20.8 Å². The van der Waals surface area contributed by atoms with Crippen LogP contribution in [0.15, 0.2) is 18.2 Å². The van der Waals surface area contributed by atoms with Gasteiger partial charge in [0.25, 0.3) is 0 Å². The number of anilines is 2. The Labute approximate surface area is 148 Å². The Bertz CT molecular complexity index is 680. The van der Waals surface area contributed by atoms with Gasteiger partial charge in [-0.05, 0) is 49.4 Å². The topological polar surface area (TPSA) is 78.5 Å². The summed E-state index contributed by atoms with van der Waals surface area (Å²) in [6.07, 6.45) is 7.04. The SMILES string of the molecule is CC(=O)N1CCCc2cc(NC(=O)C(=O)NC3CCCCC3)ccc21. The standard InChI is InChI=1S/C19H25N3O3/c1-13(23)22-11-5-6-14-12-16(9-10-17(14)22)21-19(25)18(24)20-15-7-3-2-4-8-15/h9-10,12,15H,2-8,11H2,1H3,(H,20,24)(H,21,25). The number of carbonyl (C=O) groups is 3. The second-order valence-electron chi connectivity index (χ2n) is 6.88. The first-order chi connectivity index (χ1) is 12.0. The Morgan fingerprint density at radius 1 is 1.04 bits per heavy atom. The molecule has 2 aliphatic rings. The van der Waals surface area contributed by atoms with E-state index in [0.717, 1.165) is 56.3 Å². The number of fused-ring (bicyclic) bond motifs is 1. The van der Waals surface area contributed by atoms with Gasteiger partial charge in [0.05, 0.1) is 0 Å². The Morgan fingerprint density at radius 3 is 2.52 bits per heavy atom. The third kappa shape index (κ3) is 4.18. The van der Waals surface area contributed by atoms with Crippen molar-refractivity contribution in [3.63, 3.8) is 0 Å². The highest BCUT2D eigenvalue weighted by atomic mass is 16.2. The quantitative estimate of drug-likeness (QED) is 0.809. The third-order valence-corrected chi connectivity index (χ3v) is 4.98. The first-order valence-electron chi connectivity index (χ1n) is 9.07. The van der Waals surface area contributed by atoms with Gasteiger partial charge in [-0.3, -0.25) is 14.4 Å². The molecule has 6 nitrogen and oxygen atoms in total. The van der Waals surface area contributed by atoms with Gasteiger partial charge >= 0.3 is 11.8 Å². The second-order valence-corrected chi connectivity index (χ2v) is 6.88. The van der Waals surface area contributed by atoms with Crippen molar-refractivity contribution < 1.29 is 14.4 Å². The van der Waals surface area contributed by atoms with Crippen LogP contribution in [0.2, 0.25) is 0 Å². The molecule has 1 heterocycles. The maximum absolute atomic E-state index is 12.1. The number of benzene rings is 1. The highest BCUT2D eigenvalue weighted by Crippen LogP contribution is 2.29. The summed E-state index contributed by atoms with van der Waals surface area (Å²) < 4.78 is 0. The molecule has 0 saturated heterocycles. The third-order valence-electron chi connectivity index (χ3n) is 4.98. The molecule has 0 radical (unpaired) electrons. The highest BCUT2D eigenvalue weighted by molar-refractivity contribution is 6.39.